The van der Waals surface area contributed by atoms with Gasteiger partial charge in [-0.1, -0.05) is 72.8 Å². The summed E-state index contributed by atoms with van der Waals surface area (Å²) in [6.07, 6.45) is 1.69. The normalized spacial score (nSPS) is 11.1. The summed E-state index contributed by atoms with van der Waals surface area (Å²) in [5, 5.41) is 11.0. The molecule has 0 aromatic heterocycles. The molecule has 0 aliphatic heterocycles. The van der Waals surface area contributed by atoms with Crippen LogP contribution in [0, 0.1) is 10.1 Å². The lowest BCUT2D eigenvalue weighted by Crippen LogP contribution is -2.02. The van der Waals surface area contributed by atoms with Crippen LogP contribution in [-0.4, -0.2) is 10.7 Å². The van der Waals surface area contributed by atoms with Crippen molar-refractivity contribution in [2.45, 2.75) is 0 Å². The largest absolute Gasteiger partial charge is 0.289 e. The average molecular weight is 329 g/mol. The Balaban J connectivity index is 2.10. The Morgan fingerprint density at radius 1 is 0.800 bits per heavy atom. The summed E-state index contributed by atoms with van der Waals surface area (Å²) in [5.74, 6) is -0.127. The number of carbonyl (C=O) groups excluding carboxylic acids is 1. The van der Waals surface area contributed by atoms with Gasteiger partial charge in [0.05, 0.1) is 4.92 Å². The van der Waals surface area contributed by atoms with E-state index in [1.807, 2.05) is 48.5 Å². The smallest absolute Gasteiger partial charge is 0.270 e. The zero-order chi connectivity index (χ0) is 17.6. The number of hydrogen-bond acceptors (Lipinski definition) is 3. The molecule has 0 heterocycles. The Kier molecular flexibility index (Phi) is 4.81. The third-order valence-corrected chi connectivity index (χ3v) is 3.76. The summed E-state index contributed by atoms with van der Waals surface area (Å²) < 4.78 is 0. The van der Waals surface area contributed by atoms with E-state index in [2.05, 4.69) is 0 Å². The van der Waals surface area contributed by atoms with Crippen LogP contribution in [0.3, 0.4) is 0 Å². The van der Waals surface area contributed by atoms with E-state index in [0.717, 1.165) is 5.56 Å². The standard InChI is InChI=1S/C21H15NO3/c23-21(18-11-5-2-6-12-18)20(17-9-3-1-4-10-17)15-16-8-7-13-19(14-16)22(24)25/h1-15H/b20-15+. The second-order valence-corrected chi connectivity index (χ2v) is 5.47. The predicted octanol–water partition coefficient (Wildman–Crippen LogP) is 5.02. The van der Waals surface area contributed by atoms with Gasteiger partial charge in [0.15, 0.2) is 5.78 Å². The number of ketones is 1. The number of nitro groups is 1. The Morgan fingerprint density at radius 3 is 2.00 bits per heavy atom. The lowest BCUT2D eigenvalue weighted by Gasteiger charge is -2.08. The summed E-state index contributed by atoms with van der Waals surface area (Å²) >= 11 is 0. The van der Waals surface area contributed by atoms with E-state index in [1.54, 1.807) is 30.3 Å². The van der Waals surface area contributed by atoms with Crippen molar-refractivity contribution in [2.24, 2.45) is 0 Å². The van der Waals surface area contributed by atoms with Crippen LogP contribution in [-0.2, 0) is 0 Å². The summed E-state index contributed by atoms with van der Waals surface area (Å²) in [5.41, 5.74) is 2.43. The van der Waals surface area contributed by atoms with Crippen molar-refractivity contribution in [1.82, 2.24) is 0 Å². The van der Waals surface area contributed by atoms with Gasteiger partial charge < -0.3 is 0 Å². The van der Waals surface area contributed by atoms with Gasteiger partial charge in [0.1, 0.15) is 0 Å². The summed E-state index contributed by atoms with van der Waals surface area (Å²) in [7, 11) is 0. The van der Waals surface area contributed by atoms with Crippen LogP contribution in [0.5, 0.6) is 0 Å². The van der Waals surface area contributed by atoms with Crippen molar-refractivity contribution in [2.75, 3.05) is 0 Å². The van der Waals surface area contributed by atoms with Crippen molar-refractivity contribution in [3.05, 3.63) is 112 Å². The van der Waals surface area contributed by atoms with Crippen molar-refractivity contribution in [3.63, 3.8) is 0 Å². The molecular formula is C21H15NO3. The minimum atomic E-state index is -0.446. The number of non-ortho nitro benzene ring substituents is 1. The van der Waals surface area contributed by atoms with E-state index < -0.39 is 4.92 Å². The molecule has 0 radical (unpaired) electrons. The van der Waals surface area contributed by atoms with E-state index in [0.29, 0.717) is 16.7 Å². The SMILES string of the molecule is O=C(/C(=C/c1cccc([N+](=O)[O-])c1)c1ccccc1)c1ccccc1. The highest BCUT2D eigenvalue weighted by Gasteiger charge is 2.15. The van der Waals surface area contributed by atoms with Crippen molar-refractivity contribution in [3.8, 4) is 0 Å². The van der Waals surface area contributed by atoms with Gasteiger partial charge in [0.25, 0.3) is 5.69 Å². The molecule has 0 amide bonds. The van der Waals surface area contributed by atoms with Crippen molar-refractivity contribution < 1.29 is 9.72 Å². The maximum absolute atomic E-state index is 13.0. The Bertz CT molecular complexity index is 932. The van der Waals surface area contributed by atoms with Crippen LogP contribution in [0.4, 0.5) is 5.69 Å². The first-order valence-corrected chi connectivity index (χ1v) is 7.76. The summed E-state index contributed by atoms with van der Waals surface area (Å²) in [6, 6.07) is 24.5. The van der Waals surface area contributed by atoms with Crippen molar-refractivity contribution >= 4 is 23.1 Å². The topological polar surface area (TPSA) is 60.2 Å². The molecule has 0 aliphatic rings. The molecule has 0 aliphatic carbocycles. The van der Waals surface area contributed by atoms with E-state index in [-0.39, 0.29) is 11.5 Å². The van der Waals surface area contributed by atoms with E-state index in [9.17, 15) is 14.9 Å². The van der Waals surface area contributed by atoms with Gasteiger partial charge in [-0.25, -0.2) is 0 Å². The number of nitrogens with zero attached hydrogens (tertiary/aromatic N) is 1. The van der Waals surface area contributed by atoms with Gasteiger partial charge in [-0.3, -0.25) is 14.9 Å². The zero-order valence-electron chi connectivity index (χ0n) is 13.3. The van der Waals surface area contributed by atoms with Gasteiger partial charge in [0, 0.05) is 23.3 Å². The second kappa shape index (κ2) is 7.36. The van der Waals surface area contributed by atoms with Gasteiger partial charge in [-0.2, -0.15) is 0 Å². The molecule has 3 aromatic rings. The monoisotopic (exact) mass is 329 g/mol. The van der Waals surface area contributed by atoms with E-state index >= 15 is 0 Å². The molecule has 4 nitrogen and oxygen atoms in total. The molecule has 0 spiro atoms. The van der Waals surface area contributed by atoms with Gasteiger partial charge in [-0.05, 0) is 17.2 Å². The number of allylic oxidation sites excluding steroid dienone is 1. The molecule has 0 N–H and O–H groups in total. The minimum Gasteiger partial charge on any atom is -0.289 e. The molecule has 0 unspecified atom stereocenters. The number of benzene rings is 3. The zero-order valence-corrected chi connectivity index (χ0v) is 13.3. The van der Waals surface area contributed by atoms with Crippen LogP contribution >= 0.6 is 0 Å². The third-order valence-electron chi connectivity index (χ3n) is 3.76. The number of carbonyl (C=O) groups is 1. The summed E-state index contributed by atoms with van der Waals surface area (Å²) in [6.45, 7) is 0. The molecule has 3 aromatic carbocycles. The molecule has 0 saturated carbocycles. The lowest BCUT2D eigenvalue weighted by atomic mass is 9.95. The van der Waals surface area contributed by atoms with Crippen LogP contribution in [0.1, 0.15) is 21.5 Å². The lowest BCUT2D eigenvalue weighted by molar-refractivity contribution is -0.384. The highest BCUT2D eigenvalue weighted by molar-refractivity contribution is 6.32. The van der Waals surface area contributed by atoms with Crippen LogP contribution < -0.4 is 0 Å². The Morgan fingerprint density at radius 2 is 1.40 bits per heavy atom. The maximum atomic E-state index is 13.0. The molecule has 0 bridgehead atoms. The molecule has 0 atom stereocenters. The van der Waals surface area contributed by atoms with Gasteiger partial charge in [0.2, 0.25) is 0 Å². The molecule has 4 heteroatoms. The average Bonchev–Trinajstić information content (AvgIpc) is 2.67. The molecule has 25 heavy (non-hydrogen) atoms. The molecular weight excluding hydrogens is 314 g/mol. The predicted molar refractivity (Wildman–Crippen MR) is 98.2 cm³/mol. The molecule has 122 valence electrons. The van der Waals surface area contributed by atoms with Crippen molar-refractivity contribution in [1.29, 1.82) is 0 Å². The Labute approximate surface area is 145 Å². The van der Waals surface area contributed by atoms with Gasteiger partial charge in [-0.15, -0.1) is 0 Å². The molecule has 0 saturated heterocycles. The van der Waals surface area contributed by atoms with E-state index in [4.69, 9.17) is 0 Å². The fourth-order valence-electron chi connectivity index (χ4n) is 2.54. The first kappa shape index (κ1) is 16.3. The fraction of sp³-hybridized carbons (Fsp3) is 0. The quantitative estimate of drug-likeness (QED) is 0.217. The third kappa shape index (κ3) is 3.87. The number of hydrogen-bond donors (Lipinski definition) is 0. The van der Waals surface area contributed by atoms with Crippen LogP contribution in [0.2, 0.25) is 0 Å². The number of nitro benzene ring substituents is 1. The highest BCUT2D eigenvalue weighted by Crippen LogP contribution is 2.24. The number of Topliss-reactive ketones (excluding diaryl/α,β-unsaturated/α-hetero) is 1. The van der Waals surface area contributed by atoms with Crippen LogP contribution in [0.25, 0.3) is 11.6 Å². The first-order chi connectivity index (χ1) is 12.1. The van der Waals surface area contributed by atoms with Gasteiger partial charge >= 0.3 is 0 Å². The summed E-state index contributed by atoms with van der Waals surface area (Å²) in [4.78, 5) is 23.5. The first-order valence-electron chi connectivity index (χ1n) is 7.76. The number of rotatable bonds is 5. The second-order valence-electron chi connectivity index (χ2n) is 5.47. The molecule has 0 fully saturated rings. The minimum absolute atomic E-state index is 0.00618. The highest BCUT2D eigenvalue weighted by atomic mass is 16.6. The van der Waals surface area contributed by atoms with Crippen LogP contribution in [0.15, 0.2) is 84.9 Å². The Hall–Kier alpha value is -3.53. The van der Waals surface area contributed by atoms with E-state index in [1.165, 1.54) is 12.1 Å². The maximum Gasteiger partial charge on any atom is 0.270 e. The molecule has 3 rings (SSSR count). The fourth-order valence-corrected chi connectivity index (χ4v) is 2.54.